The van der Waals surface area contributed by atoms with Crippen LogP contribution in [0.5, 0.6) is 0 Å². The first kappa shape index (κ1) is 15.1. The molecule has 1 aliphatic heterocycles. The van der Waals surface area contributed by atoms with Crippen molar-refractivity contribution in [1.29, 1.82) is 0 Å². The number of hydrogen-bond donors (Lipinski definition) is 1. The molecule has 2 fully saturated rings. The standard InChI is InChI=1S/C19H30N2/c1-15-9-5-3-8-12-19(15)21-14-18(20-13-16(21)2)17-10-6-4-7-11-17/h4,6-7,10-11,15-16,18-20H,3,5,8-9,12-14H2,1-2H3. The number of nitrogens with one attached hydrogen (secondary N) is 1. The normalized spacial score (nSPS) is 35.3. The van der Waals surface area contributed by atoms with E-state index in [9.17, 15) is 0 Å². The molecule has 4 atom stereocenters. The van der Waals surface area contributed by atoms with Crippen LogP contribution in [-0.2, 0) is 0 Å². The summed E-state index contributed by atoms with van der Waals surface area (Å²) >= 11 is 0. The number of benzene rings is 1. The zero-order chi connectivity index (χ0) is 14.7. The smallest absolute Gasteiger partial charge is 0.0450 e. The van der Waals surface area contributed by atoms with Gasteiger partial charge in [-0.05, 0) is 31.2 Å². The average Bonchev–Trinajstić information content (AvgIpc) is 2.73. The van der Waals surface area contributed by atoms with Crippen LogP contribution >= 0.6 is 0 Å². The lowest BCUT2D eigenvalue weighted by molar-refractivity contribution is 0.0584. The molecule has 0 spiro atoms. The van der Waals surface area contributed by atoms with Crippen molar-refractivity contribution < 1.29 is 0 Å². The van der Waals surface area contributed by atoms with Crippen LogP contribution in [0.3, 0.4) is 0 Å². The van der Waals surface area contributed by atoms with Crippen LogP contribution in [0.2, 0.25) is 0 Å². The molecule has 3 rings (SSSR count). The van der Waals surface area contributed by atoms with E-state index in [4.69, 9.17) is 0 Å². The number of piperazine rings is 1. The highest BCUT2D eigenvalue weighted by Gasteiger charge is 2.33. The molecular formula is C19H30N2. The van der Waals surface area contributed by atoms with Gasteiger partial charge >= 0.3 is 0 Å². The lowest BCUT2D eigenvalue weighted by Gasteiger charge is -2.45. The maximum Gasteiger partial charge on any atom is 0.0450 e. The van der Waals surface area contributed by atoms with Gasteiger partial charge in [-0.25, -0.2) is 0 Å². The highest BCUT2D eigenvalue weighted by Crippen LogP contribution is 2.31. The average molecular weight is 286 g/mol. The van der Waals surface area contributed by atoms with Crippen LogP contribution in [0.25, 0.3) is 0 Å². The molecule has 1 saturated carbocycles. The van der Waals surface area contributed by atoms with E-state index in [1.807, 2.05) is 0 Å². The summed E-state index contributed by atoms with van der Waals surface area (Å²) in [5.74, 6) is 0.851. The third kappa shape index (κ3) is 3.49. The van der Waals surface area contributed by atoms with Crippen molar-refractivity contribution in [3.8, 4) is 0 Å². The Morgan fingerprint density at radius 2 is 1.76 bits per heavy atom. The summed E-state index contributed by atoms with van der Waals surface area (Å²) in [5, 5.41) is 3.74. The van der Waals surface area contributed by atoms with Crippen molar-refractivity contribution in [1.82, 2.24) is 10.2 Å². The third-order valence-electron chi connectivity index (χ3n) is 5.56. The Morgan fingerprint density at radius 3 is 2.57 bits per heavy atom. The van der Waals surface area contributed by atoms with Gasteiger partial charge in [0.1, 0.15) is 0 Å². The van der Waals surface area contributed by atoms with Gasteiger partial charge in [0, 0.05) is 31.2 Å². The SMILES string of the molecule is CC1CCCCCC1N1CC(c2ccccc2)NCC1C. The van der Waals surface area contributed by atoms with Crippen molar-refractivity contribution in [2.45, 2.75) is 64.1 Å². The molecule has 4 unspecified atom stereocenters. The van der Waals surface area contributed by atoms with E-state index in [-0.39, 0.29) is 0 Å². The molecule has 1 saturated heterocycles. The first-order valence-corrected chi connectivity index (χ1v) is 8.80. The van der Waals surface area contributed by atoms with Crippen LogP contribution in [0.4, 0.5) is 0 Å². The van der Waals surface area contributed by atoms with Gasteiger partial charge in [0.15, 0.2) is 0 Å². The lowest BCUT2D eigenvalue weighted by Crippen LogP contribution is -2.56. The molecule has 1 heterocycles. The van der Waals surface area contributed by atoms with E-state index in [0.717, 1.165) is 18.5 Å². The van der Waals surface area contributed by atoms with E-state index in [1.165, 1.54) is 44.2 Å². The maximum absolute atomic E-state index is 3.74. The van der Waals surface area contributed by atoms with Gasteiger partial charge in [-0.3, -0.25) is 4.90 Å². The molecule has 2 aliphatic rings. The van der Waals surface area contributed by atoms with Crippen molar-refractivity contribution in [2.24, 2.45) is 5.92 Å². The van der Waals surface area contributed by atoms with Gasteiger partial charge < -0.3 is 5.32 Å². The fourth-order valence-corrected chi connectivity index (χ4v) is 4.22. The van der Waals surface area contributed by atoms with Gasteiger partial charge in [0.05, 0.1) is 0 Å². The predicted octanol–water partition coefficient (Wildman–Crippen LogP) is 3.99. The van der Waals surface area contributed by atoms with E-state index in [0.29, 0.717) is 12.1 Å². The summed E-state index contributed by atoms with van der Waals surface area (Å²) in [4.78, 5) is 2.81. The summed E-state index contributed by atoms with van der Waals surface area (Å²) in [5.41, 5.74) is 1.44. The van der Waals surface area contributed by atoms with Gasteiger partial charge in [-0.15, -0.1) is 0 Å². The van der Waals surface area contributed by atoms with Crippen LogP contribution < -0.4 is 5.32 Å². The Bertz CT molecular complexity index is 430. The van der Waals surface area contributed by atoms with Gasteiger partial charge in [0.2, 0.25) is 0 Å². The second-order valence-corrected chi connectivity index (χ2v) is 7.10. The highest BCUT2D eigenvalue weighted by molar-refractivity contribution is 5.20. The number of rotatable bonds is 2. The summed E-state index contributed by atoms with van der Waals surface area (Å²) in [6.07, 6.45) is 7.09. The van der Waals surface area contributed by atoms with Crippen molar-refractivity contribution in [2.75, 3.05) is 13.1 Å². The Morgan fingerprint density at radius 1 is 1.00 bits per heavy atom. The molecule has 1 aromatic rings. The summed E-state index contributed by atoms with van der Waals surface area (Å²) < 4.78 is 0. The van der Waals surface area contributed by atoms with E-state index in [1.54, 1.807) is 0 Å². The van der Waals surface area contributed by atoms with Crippen LogP contribution in [0.1, 0.15) is 57.6 Å². The lowest BCUT2D eigenvalue weighted by atomic mass is 9.91. The fraction of sp³-hybridized carbons (Fsp3) is 0.684. The highest BCUT2D eigenvalue weighted by atomic mass is 15.3. The number of hydrogen-bond acceptors (Lipinski definition) is 2. The first-order valence-electron chi connectivity index (χ1n) is 8.80. The molecule has 1 N–H and O–H groups in total. The summed E-state index contributed by atoms with van der Waals surface area (Å²) in [6, 6.07) is 12.9. The predicted molar refractivity (Wildman–Crippen MR) is 89.4 cm³/mol. The van der Waals surface area contributed by atoms with Crippen molar-refractivity contribution in [3.05, 3.63) is 35.9 Å². The Labute approximate surface area is 129 Å². The molecule has 0 radical (unpaired) electrons. The van der Waals surface area contributed by atoms with Crippen LogP contribution in [0.15, 0.2) is 30.3 Å². The molecule has 21 heavy (non-hydrogen) atoms. The van der Waals surface area contributed by atoms with Crippen molar-refractivity contribution in [3.63, 3.8) is 0 Å². The van der Waals surface area contributed by atoms with Crippen LogP contribution in [0, 0.1) is 5.92 Å². The quantitative estimate of drug-likeness (QED) is 0.827. The molecule has 0 aromatic heterocycles. The molecule has 1 aliphatic carbocycles. The first-order chi connectivity index (χ1) is 10.3. The summed E-state index contributed by atoms with van der Waals surface area (Å²) in [6.45, 7) is 7.15. The van der Waals surface area contributed by atoms with E-state index < -0.39 is 0 Å². The minimum atomic E-state index is 0.498. The van der Waals surface area contributed by atoms with Gasteiger partial charge in [-0.2, -0.15) is 0 Å². The number of nitrogens with zero attached hydrogens (tertiary/aromatic N) is 1. The minimum Gasteiger partial charge on any atom is -0.307 e. The zero-order valence-electron chi connectivity index (χ0n) is 13.6. The minimum absolute atomic E-state index is 0.498. The van der Waals surface area contributed by atoms with E-state index in [2.05, 4.69) is 54.4 Å². The monoisotopic (exact) mass is 286 g/mol. The molecular weight excluding hydrogens is 256 g/mol. The fourth-order valence-electron chi connectivity index (χ4n) is 4.22. The van der Waals surface area contributed by atoms with Gasteiger partial charge in [-0.1, -0.05) is 56.5 Å². The molecule has 0 bridgehead atoms. The summed E-state index contributed by atoms with van der Waals surface area (Å²) in [7, 11) is 0. The van der Waals surface area contributed by atoms with Crippen LogP contribution in [-0.4, -0.2) is 30.1 Å². The van der Waals surface area contributed by atoms with Crippen molar-refractivity contribution >= 4 is 0 Å². The Hall–Kier alpha value is -0.860. The third-order valence-corrected chi connectivity index (χ3v) is 5.56. The molecule has 1 aromatic carbocycles. The Balaban J connectivity index is 1.73. The maximum atomic E-state index is 3.74. The van der Waals surface area contributed by atoms with E-state index >= 15 is 0 Å². The molecule has 0 amide bonds. The largest absolute Gasteiger partial charge is 0.307 e. The zero-order valence-corrected chi connectivity index (χ0v) is 13.6. The molecule has 2 heteroatoms. The molecule has 116 valence electrons. The van der Waals surface area contributed by atoms with Gasteiger partial charge in [0.25, 0.3) is 0 Å². The molecule has 2 nitrogen and oxygen atoms in total. The topological polar surface area (TPSA) is 15.3 Å². The Kier molecular flexibility index (Phi) is 4.97. The second kappa shape index (κ2) is 6.93. The second-order valence-electron chi connectivity index (χ2n) is 7.10.